The molecule has 0 saturated carbocycles. The number of hydrogen-bond donors (Lipinski definition) is 2. The van der Waals surface area contributed by atoms with Crippen molar-refractivity contribution >= 4 is 23.4 Å². The summed E-state index contributed by atoms with van der Waals surface area (Å²) in [5.41, 5.74) is 7.06. The van der Waals surface area contributed by atoms with Gasteiger partial charge in [-0.15, -0.1) is 0 Å². The molecule has 0 aliphatic rings. The van der Waals surface area contributed by atoms with Gasteiger partial charge in [-0.1, -0.05) is 17.7 Å². The molecule has 0 fully saturated rings. The number of carbonyl (C=O) groups excluding carboxylic acids is 2. The van der Waals surface area contributed by atoms with E-state index in [2.05, 4.69) is 10.9 Å². The maximum atomic E-state index is 12.1. The van der Waals surface area contributed by atoms with E-state index in [0.717, 1.165) is 11.1 Å². The summed E-state index contributed by atoms with van der Waals surface area (Å²) in [5.74, 6) is -0.109. The molecule has 0 bridgehead atoms. The van der Waals surface area contributed by atoms with Crippen LogP contribution in [-0.2, 0) is 4.79 Å². The highest BCUT2D eigenvalue weighted by Crippen LogP contribution is 2.22. The molecule has 0 heterocycles. The van der Waals surface area contributed by atoms with Crippen molar-refractivity contribution in [3.8, 4) is 11.5 Å². The summed E-state index contributed by atoms with van der Waals surface area (Å²) in [6.45, 7) is 3.73. The van der Waals surface area contributed by atoms with Crippen molar-refractivity contribution in [3.63, 3.8) is 0 Å². The number of hydrogen-bond acceptors (Lipinski definition) is 4. The van der Waals surface area contributed by atoms with E-state index in [0.29, 0.717) is 16.5 Å². The number of hydrazine groups is 1. The molecule has 6 nitrogen and oxygen atoms in total. The van der Waals surface area contributed by atoms with Crippen molar-refractivity contribution in [2.24, 2.45) is 0 Å². The molecular formula is C18H19ClN2O4. The Morgan fingerprint density at radius 2 is 1.80 bits per heavy atom. The Morgan fingerprint density at radius 1 is 1.04 bits per heavy atom. The Labute approximate surface area is 151 Å². The molecule has 0 aliphatic heterocycles. The summed E-state index contributed by atoms with van der Waals surface area (Å²) in [6, 6.07) is 10.1. The number of benzene rings is 2. The van der Waals surface area contributed by atoms with Crippen LogP contribution in [0.25, 0.3) is 0 Å². The van der Waals surface area contributed by atoms with Crippen LogP contribution < -0.4 is 20.3 Å². The van der Waals surface area contributed by atoms with E-state index in [1.54, 1.807) is 12.1 Å². The van der Waals surface area contributed by atoms with Crippen molar-refractivity contribution in [2.45, 2.75) is 13.8 Å². The fourth-order valence-corrected chi connectivity index (χ4v) is 2.20. The fourth-order valence-electron chi connectivity index (χ4n) is 2.04. The van der Waals surface area contributed by atoms with Crippen LogP contribution >= 0.6 is 11.6 Å². The molecule has 132 valence electrons. The zero-order chi connectivity index (χ0) is 18.4. The van der Waals surface area contributed by atoms with Crippen molar-refractivity contribution in [1.29, 1.82) is 0 Å². The summed E-state index contributed by atoms with van der Waals surface area (Å²) in [7, 11) is 1.43. The molecule has 7 heteroatoms. The average Bonchev–Trinajstić information content (AvgIpc) is 2.60. The number of ether oxygens (including phenoxy) is 2. The number of rotatable bonds is 5. The number of amides is 2. The van der Waals surface area contributed by atoms with Crippen molar-refractivity contribution in [2.75, 3.05) is 13.7 Å². The molecule has 0 aromatic heterocycles. The summed E-state index contributed by atoms with van der Waals surface area (Å²) < 4.78 is 10.5. The quantitative estimate of drug-likeness (QED) is 0.802. The third-order valence-electron chi connectivity index (χ3n) is 3.57. The zero-order valence-electron chi connectivity index (χ0n) is 14.2. The molecule has 2 rings (SSSR count). The molecule has 0 saturated heterocycles. The first-order valence-corrected chi connectivity index (χ1v) is 7.91. The molecule has 2 aromatic carbocycles. The van der Waals surface area contributed by atoms with Crippen LogP contribution in [0.5, 0.6) is 11.5 Å². The first-order valence-electron chi connectivity index (χ1n) is 7.53. The summed E-state index contributed by atoms with van der Waals surface area (Å²) in [6.07, 6.45) is 0. The SMILES string of the molecule is COc1cc(Cl)ccc1C(=O)NNC(=O)COc1ccc(C)c(C)c1. The fraction of sp³-hybridized carbons (Fsp3) is 0.222. The Morgan fingerprint density at radius 3 is 2.48 bits per heavy atom. The van der Waals surface area contributed by atoms with Crippen LogP contribution in [-0.4, -0.2) is 25.5 Å². The minimum absolute atomic E-state index is 0.222. The van der Waals surface area contributed by atoms with Crippen molar-refractivity contribution < 1.29 is 19.1 Å². The van der Waals surface area contributed by atoms with E-state index in [9.17, 15) is 9.59 Å². The third kappa shape index (κ3) is 5.12. The Kier molecular flexibility index (Phi) is 6.25. The van der Waals surface area contributed by atoms with Gasteiger partial charge in [0.15, 0.2) is 6.61 Å². The van der Waals surface area contributed by atoms with Gasteiger partial charge in [-0.2, -0.15) is 0 Å². The van der Waals surface area contributed by atoms with Crippen molar-refractivity contribution in [3.05, 3.63) is 58.1 Å². The van der Waals surface area contributed by atoms with Gasteiger partial charge in [0.25, 0.3) is 11.8 Å². The molecule has 0 radical (unpaired) electrons. The molecule has 2 amide bonds. The third-order valence-corrected chi connectivity index (χ3v) is 3.81. The van der Waals surface area contributed by atoms with Gasteiger partial charge in [-0.3, -0.25) is 20.4 Å². The van der Waals surface area contributed by atoms with Gasteiger partial charge in [-0.05, 0) is 55.3 Å². The largest absolute Gasteiger partial charge is 0.496 e. The molecule has 2 aromatic rings. The maximum absolute atomic E-state index is 12.1. The number of halogens is 1. The first kappa shape index (κ1) is 18.6. The van der Waals surface area contributed by atoms with Gasteiger partial charge in [-0.25, -0.2) is 0 Å². The second-order valence-corrected chi connectivity index (χ2v) is 5.82. The van der Waals surface area contributed by atoms with E-state index >= 15 is 0 Å². The van der Waals surface area contributed by atoms with Crippen LogP contribution in [0.3, 0.4) is 0 Å². The van der Waals surface area contributed by atoms with Crippen molar-refractivity contribution in [1.82, 2.24) is 10.9 Å². The van der Waals surface area contributed by atoms with E-state index in [4.69, 9.17) is 21.1 Å². The lowest BCUT2D eigenvalue weighted by atomic mass is 10.1. The Bertz CT molecular complexity index is 793. The normalized spacial score (nSPS) is 10.1. The Hall–Kier alpha value is -2.73. The second-order valence-electron chi connectivity index (χ2n) is 5.38. The molecule has 0 atom stereocenters. The van der Waals surface area contributed by atoms with E-state index < -0.39 is 11.8 Å². The molecule has 25 heavy (non-hydrogen) atoms. The van der Waals surface area contributed by atoms with Gasteiger partial charge in [0.05, 0.1) is 12.7 Å². The standard InChI is InChI=1S/C18H19ClN2O4/c1-11-4-6-14(8-12(11)2)25-10-17(22)20-21-18(23)15-7-5-13(19)9-16(15)24-3/h4-9H,10H2,1-3H3,(H,20,22)(H,21,23). The highest BCUT2D eigenvalue weighted by Gasteiger charge is 2.13. The van der Waals surface area contributed by atoms with E-state index in [-0.39, 0.29) is 12.2 Å². The molecular weight excluding hydrogens is 344 g/mol. The number of methoxy groups -OCH3 is 1. The predicted octanol–water partition coefficient (Wildman–Crippen LogP) is 2.81. The molecule has 0 aliphatic carbocycles. The minimum Gasteiger partial charge on any atom is -0.496 e. The van der Waals surface area contributed by atoms with Crippen LogP contribution in [0.1, 0.15) is 21.5 Å². The van der Waals surface area contributed by atoms with Gasteiger partial charge >= 0.3 is 0 Å². The van der Waals surface area contributed by atoms with E-state index in [1.807, 2.05) is 26.0 Å². The summed E-state index contributed by atoms with van der Waals surface area (Å²) in [4.78, 5) is 23.9. The first-order chi connectivity index (χ1) is 11.9. The van der Waals surface area contributed by atoms with Crippen LogP contribution in [0.4, 0.5) is 0 Å². The molecule has 2 N–H and O–H groups in total. The smallest absolute Gasteiger partial charge is 0.276 e. The lowest BCUT2D eigenvalue weighted by Gasteiger charge is -2.11. The van der Waals surface area contributed by atoms with Gasteiger partial charge in [0.2, 0.25) is 0 Å². The van der Waals surface area contributed by atoms with Gasteiger partial charge in [0, 0.05) is 5.02 Å². The van der Waals surface area contributed by atoms with Crippen LogP contribution in [0.2, 0.25) is 5.02 Å². The average molecular weight is 363 g/mol. The highest BCUT2D eigenvalue weighted by atomic mass is 35.5. The lowest BCUT2D eigenvalue weighted by Crippen LogP contribution is -2.43. The zero-order valence-corrected chi connectivity index (χ0v) is 14.9. The summed E-state index contributed by atoms with van der Waals surface area (Å²) >= 11 is 5.85. The minimum atomic E-state index is -0.520. The topological polar surface area (TPSA) is 76.7 Å². The molecule has 0 unspecified atom stereocenters. The monoisotopic (exact) mass is 362 g/mol. The Balaban J connectivity index is 1.87. The van der Waals surface area contributed by atoms with Gasteiger partial charge < -0.3 is 9.47 Å². The molecule has 0 spiro atoms. The number of carbonyl (C=O) groups is 2. The number of nitrogens with one attached hydrogen (secondary N) is 2. The predicted molar refractivity (Wildman–Crippen MR) is 95.0 cm³/mol. The van der Waals surface area contributed by atoms with Crippen LogP contribution in [0.15, 0.2) is 36.4 Å². The summed E-state index contributed by atoms with van der Waals surface area (Å²) in [5, 5.41) is 0.444. The van der Waals surface area contributed by atoms with E-state index in [1.165, 1.54) is 19.2 Å². The van der Waals surface area contributed by atoms with Crippen LogP contribution in [0, 0.1) is 13.8 Å². The highest BCUT2D eigenvalue weighted by molar-refractivity contribution is 6.30. The second kappa shape index (κ2) is 8.39. The lowest BCUT2D eigenvalue weighted by molar-refractivity contribution is -0.123. The number of aryl methyl sites for hydroxylation is 2. The van der Waals surface area contributed by atoms with Gasteiger partial charge in [0.1, 0.15) is 11.5 Å². The maximum Gasteiger partial charge on any atom is 0.276 e.